The molecule has 0 unspecified atom stereocenters. The van der Waals surface area contributed by atoms with Crippen LogP contribution in [0.3, 0.4) is 0 Å². The van der Waals surface area contributed by atoms with E-state index < -0.39 is 0 Å². The standard InChI is InChI=1S/C12H9N3OS/c1-8-13-11(7-17-8)10-5-15-9(6-16)3-2-4-12(15)14-10/h2-7H,1H3. The molecule has 84 valence electrons. The molecule has 3 aromatic rings. The lowest BCUT2D eigenvalue weighted by Crippen LogP contribution is -1.91. The Labute approximate surface area is 102 Å². The van der Waals surface area contributed by atoms with Gasteiger partial charge in [0.05, 0.1) is 10.7 Å². The highest BCUT2D eigenvalue weighted by atomic mass is 32.1. The maximum Gasteiger partial charge on any atom is 0.166 e. The summed E-state index contributed by atoms with van der Waals surface area (Å²) in [5.41, 5.74) is 3.00. The molecular formula is C12H9N3OS. The van der Waals surface area contributed by atoms with Crippen molar-refractivity contribution < 1.29 is 4.79 Å². The molecular weight excluding hydrogens is 234 g/mol. The van der Waals surface area contributed by atoms with Crippen LogP contribution in [0.15, 0.2) is 29.8 Å². The van der Waals surface area contributed by atoms with Crippen LogP contribution >= 0.6 is 11.3 Å². The monoisotopic (exact) mass is 243 g/mol. The van der Waals surface area contributed by atoms with E-state index in [4.69, 9.17) is 0 Å². The number of hydrogen-bond donors (Lipinski definition) is 0. The second-order valence-electron chi connectivity index (χ2n) is 3.67. The minimum atomic E-state index is 0.591. The third-order valence-corrected chi connectivity index (χ3v) is 3.30. The van der Waals surface area contributed by atoms with Crippen LogP contribution in [0.1, 0.15) is 15.5 Å². The van der Waals surface area contributed by atoms with Crippen LogP contribution in [0.4, 0.5) is 0 Å². The van der Waals surface area contributed by atoms with Gasteiger partial charge in [-0.25, -0.2) is 9.97 Å². The van der Waals surface area contributed by atoms with Gasteiger partial charge in [-0.1, -0.05) is 6.07 Å². The molecule has 0 aliphatic rings. The van der Waals surface area contributed by atoms with Crippen LogP contribution in [-0.4, -0.2) is 20.7 Å². The van der Waals surface area contributed by atoms with Crippen molar-refractivity contribution in [1.29, 1.82) is 0 Å². The number of imidazole rings is 1. The summed E-state index contributed by atoms with van der Waals surface area (Å²) in [6.45, 7) is 1.96. The Bertz CT molecular complexity index is 699. The van der Waals surface area contributed by atoms with Gasteiger partial charge in [0, 0.05) is 11.6 Å². The second kappa shape index (κ2) is 3.78. The fourth-order valence-electron chi connectivity index (χ4n) is 1.73. The number of pyridine rings is 1. The van der Waals surface area contributed by atoms with Gasteiger partial charge < -0.3 is 0 Å². The maximum atomic E-state index is 10.9. The van der Waals surface area contributed by atoms with Crippen molar-refractivity contribution in [3.8, 4) is 11.4 Å². The maximum absolute atomic E-state index is 10.9. The first kappa shape index (κ1) is 10.2. The average molecular weight is 243 g/mol. The Hall–Kier alpha value is -2.01. The molecule has 0 aliphatic carbocycles. The van der Waals surface area contributed by atoms with E-state index in [2.05, 4.69) is 9.97 Å². The first-order valence-electron chi connectivity index (χ1n) is 5.14. The predicted molar refractivity (Wildman–Crippen MR) is 66.4 cm³/mol. The van der Waals surface area contributed by atoms with Crippen molar-refractivity contribution in [2.45, 2.75) is 6.92 Å². The first-order chi connectivity index (χ1) is 8.28. The molecule has 4 nitrogen and oxygen atoms in total. The summed E-state index contributed by atoms with van der Waals surface area (Å²) in [6, 6.07) is 5.45. The minimum Gasteiger partial charge on any atom is -0.296 e. The fourth-order valence-corrected chi connectivity index (χ4v) is 2.34. The molecule has 0 aromatic carbocycles. The van der Waals surface area contributed by atoms with Crippen LogP contribution < -0.4 is 0 Å². The van der Waals surface area contributed by atoms with Gasteiger partial charge in [0.25, 0.3) is 0 Å². The number of aldehydes is 1. The summed E-state index contributed by atoms with van der Waals surface area (Å²) < 4.78 is 1.77. The zero-order valence-electron chi connectivity index (χ0n) is 9.12. The van der Waals surface area contributed by atoms with Crippen LogP contribution in [0.2, 0.25) is 0 Å². The Morgan fingerprint density at radius 2 is 2.18 bits per heavy atom. The summed E-state index contributed by atoms with van der Waals surface area (Å²) >= 11 is 1.59. The van der Waals surface area contributed by atoms with E-state index >= 15 is 0 Å². The van der Waals surface area contributed by atoms with Gasteiger partial charge in [-0.2, -0.15) is 0 Å². The molecule has 0 saturated carbocycles. The molecule has 0 spiro atoms. The molecule has 5 heteroatoms. The summed E-state index contributed by atoms with van der Waals surface area (Å²) in [5, 5.41) is 2.98. The molecule has 3 aromatic heterocycles. The molecule has 0 saturated heterocycles. The molecule has 0 amide bonds. The average Bonchev–Trinajstić information content (AvgIpc) is 2.93. The Morgan fingerprint density at radius 3 is 2.88 bits per heavy atom. The molecule has 3 rings (SSSR count). The fraction of sp³-hybridized carbons (Fsp3) is 0.0833. The number of carbonyl (C=O) groups is 1. The van der Waals surface area contributed by atoms with Crippen LogP contribution in [0, 0.1) is 6.92 Å². The lowest BCUT2D eigenvalue weighted by atomic mass is 10.3. The van der Waals surface area contributed by atoms with E-state index in [9.17, 15) is 4.79 Å². The topological polar surface area (TPSA) is 47.3 Å². The largest absolute Gasteiger partial charge is 0.296 e. The van der Waals surface area contributed by atoms with Crippen LogP contribution in [-0.2, 0) is 0 Å². The lowest BCUT2D eigenvalue weighted by molar-refractivity contribution is 0.111. The molecule has 0 N–H and O–H groups in total. The Morgan fingerprint density at radius 1 is 1.29 bits per heavy atom. The highest BCUT2D eigenvalue weighted by Crippen LogP contribution is 2.21. The lowest BCUT2D eigenvalue weighted by Gasteiger charge is -1.94. The van der Waals surface area contributed by atoms with Gasteiger partial charge in [-0.15, -0.1) is 11.3 Å². The second-order valence-corrected chi connectivity index (χ2v) is 4.74. The van der Waals surface area contributed by atoms with E-state index in [-0.39, 0.29) is 0 Å². The van der Waals surface area contributed by atoms with Gasteiger partial charge >= 0.3 is 0 Å². The zero-order valence-corrected chi connectivity index (χ0v) is 9.94. The number of fused-ring (bicyclic) bond motifs is 1. The molecule has 3 heterocycles. The van der Waals surface area contributed by atoms with Crippen molar-refractivity contribution in [2.24, 2.45) is 0 Å². The van der Waals surface area contributed by atoms with E-state index in [0.29, 0.717) is 5.69 Å². The van der Waals surface area contributed by atoms with Gasteiger partial charge in [0.15, 0.2) is 6.29 Å². The molecule has 0 aliphatic heterocycles. The quantitative estimate of drug-likeness (QED) is 0.650. The SMILES string of the molecule is Cc1nc(-c2cn3c(C=O)cccc3n2)cs1. The number of carbonyl (C=O) groups excluding carboxylic acids is 1. The summed E-state index contributed by atoms with van der Waals surface area (Å²) in [6.07, 6.45) is 2.66. The van der Waals surface area contributed by atoms with E-state index in [1.54, 1.807) is 21.8 Å². The highest BCUT2D eigenvalue weighted by Gasteiger charge is 2.08. The summed E-state index contributed by atoms with van der Waals surface area (Å²) in [7, 11) is 0. The highest BCUT2D eigenvalue weighted by molar-refractivity contribution is 7.09. The van der Waals surface area contributed by atoms with Gasteiger partial charge in [0.1, 0.15) is 17.0 Å². The molecule has 0 bridgehead atoms. The van der Waals surface area contributed by atoms with Crippen molar-refractivity contribution >= 4 is 23.3 Å². The number of aromatic nitrogens is 3. The first-order valence-corrected chi connectivity index (χ1v) is 6.02. The Kier molecular flexibility index (Phi) is 2.26. The van der Waals surface area contributed by atoms with Crippen molar-refractivity contribution in [3.05, 3.63) is 40.5 Å². The van der Waals surface area contributed by atoms with Gasteiger partial charge in [0.2, 0.25) is 0 Å². The Balaban J connectivity index is 2.23. The van der Waals surface area contributed by atoms with Crippen LogP contribution in [0.25, 0.3) is 17.0 Å². The van der Waals surface area contributed by atoms with Crippen molar-refractivity contribution in [2.75, 3.05) is 0 Å². The minimum absolute atomic E-state index is 0.591. The van der Waals surface area contributed by atoms with Crippen LogP contribution in [0.5, 0.6) is 0 Å². The summed E-state index contributed by atoms with van der Waals surface area (Å²) in [5.74, 6) is 0. The number of hydrogen-bond acceptors (Lipinski definition) is 4. The van der Waals surface area contributed by atoms with Crippen molar-refractivity contribution in [1.82, 2.24) is 14.4 Å². The summed E-state index contributed by atoms with van der Waals surface area (Å²) in [4.78, 5) is 19.7. The van der Waals surface area contributed by atoms with E-state index in [0.717, 1.165) is 28.3 Å². The molecule has 0 fully saturated rings. The third kappa shape index (κ3) is 1.64. The van der Waals surface area contributed by atoms with Gasteiger partial charge in [-0.3, -0.25) is 9.20 Å². The predicted octanol–water partition coefficient (Wildman–Crippen LogP) is 2.58. The number of nitrogens with zero attached hydrogens (tertiary/aromatic N) is 3. The number of rotatable bonds is 2. The third-order valence-electron chi connectivity index (χ3n) is 2.53. The van der Waals surface area contributed by atoms with Crippen molar-refractivity contribution in [3.63, 3.8) is 0 Å². The molecule has 0 atom stereocenters. The van der Waals surface area contributed by atoms with E-state index in [1.165, 1.54) is 0 Å². The normalized spacial score (nSPS) is 10.9. The van der Waals surface area contributed by atoms with E-state index in [1.807, 2.05) is 30.6 Å². The smallest absolute Gasteiger partial charge is 0.166 e. The molecule has 0 radical (unpaired) electrons. The number of thiazole rings is 1. The van der Waals surface area contributed by atoms with Gasteiger partial charge in [-0.05, 0) is 19.1 Å². The number of aryl methyl sites for hydroxylation is 1. The molecule has 17 heavy (non-hydrogen) atoms. The zero-order chi connectivity index (χ0) is 11.8.